The van der Waals surface area contributed by atoms with E-state index in [0.29, 0.717) is 11.0 Å². The fourth-order valence-corrected chi connectivity index (χ4v) is 3.51. The highest BCUT2D eigenvalue weighted by molar-refractivity contribution is 6.21. The van der Waals surface area contributed by atoms with Gasteiger partial charge in [-0.3, -0.25) is 9.59 Å². The van der Waals surface area contributed by atoms with Gasteiger partial charge in [-0.25, -0.2) is 18.5 Å². The lowest BCUT2D eigenvalue weighted by molar-refractivity contribution is -0.122. The fraction of sp³-hybridized carbons (Fsp3) is 0.500. The molecule has 2 aliphatic rings. The van der Waals surface area contributed by atoms with Gasteiger partial charge in [0.2, 0.25) is 5.91 Å². The maximum atomic E-state index is 13.9. The molecular weight excluding hydrogens is 358 g/mol. The molecule has 9 heteroatoms. The van der Waals surface area contributed by atoms with Gasteiger partial charge in [-0.15, -0.1) is 0 Å². The van der Waals surface area contributed by atoms with E-state index in [1.165, 1.54) is 0 Å². The molecule has 0 bridgehead atoms. The molecule has 146 valence electrons. The van der Waals surface area contributed by atoms with Gasteiger partial charge in [-0.1, -0.05) is 12.8 Å². The number of benzene rings is 1. The first-order valence-electron chi connectivity index (χ1n) is 9.01. The Kier molecular flexibility index (Phi) is 5.69. The van der Waals surface area contributed by atoms with Crippen molar-refractivity contribution in [2.45, 2.75) is 56.7 Å². The number of carbonyl (C=O) groups is 3. The summed E-state index contributed by atoms with van der Waals surface area (Å²) >= 11 is 0. The van der Waals surface area contributed by atoms with Crippen molar-refractivity contribution >= 4 is 23.5 Å². The Labute approximate surface area is 155 Å². The molecule has 1 aromatic rings. The van der Waals surface area contributed by atoms with E-state index in [0.717, 1.165) is 37.8 Å². The average Bonchev–Trinajstić information content (AvgIpc) is 2.89. The van der Waals surface area contributed by atoms with Crippen LogP contribution < -0.4 is 21.3 Å². The minimum Gasteiger partial charge on any atom is -0.352 e. The smallest absolute Gasteiger partial charge is 0.329 e. The molecule has 1 heterocycles. The number of anilines is 1. The third kappa shape index (κ3) is 4.24. The van der Waals surface area contributed by atoms with E-state index in [1.54, 1.807) is 0 Å². The number of carbonyl (C=O) groups excluding carboxylic acids is 3. The van der Waals surface area contributed by atoms with Crippen LogP contribution in [0.5, 0.6) is 0 Å². The molecule has 3 atom stereocenters. The summed E-state index contributed by atoms with van der Waals surface area (Å²) in [5, 5.41) is 5.31. The summed E-state index contributed by atoms with van der Waals surface area (Å²) in [6.45, 7) is 0. The summed E-state index contributed by atoms with van der Waals surface area (Å²) in [6.07, 6.45) is 3.85. The number of nitrogens with two attached hydrogens (primary N) is 1. The van der Waals surface area contributed by atoms with Gasteiger partial charge >= 0.3 is 6.03 Å². The second kappa shape index (κ2) is 7.99. The topological polar surface area (TPSA) is 105 Å². The first-order chi connectivity index (χ1) is 12.9. The third-order valence-corrected chi connectivity index (χ3v) is 5.00. The van der Waals surface area contributed by atoms with E-state index in [4.69, 9.17) is 5.73 Å². The highest BCUT2D eigenvalue weighted by Crippen LogP contribution is 2.25. The molecule has 1 saturated carbocycles. The van der Waals surface area contributed by atoms with Crippen LogP contribution in [-0.2, 0) is 9.59 Å². The van der Waals surface area contributed by atoms with Gasteiger partial charge < -0.3 is 16.4 Å². The molecule has 7 nitrogen and oxygen atoms in total. The fourth-order valence-electron chi connectivity index (χ4n) is 3.51. The van der Waals surface area contributed by atoms with E-state index in [9.17, 15) is 23.2 Å². The Morgan fingerprint density at radius 3 is 2.70 bits per heavy atom. The largest absolute Gasteiger partial charge is 0.352 e. The zero-order chi connectivity index (χ0) is 19.6. The number of nitrogens with one attached hydrogen (secondary N) is 2. The molecule has 1 aromatic carbocycles. The van der Waals surface area contributed by atoms with Crippen LogP contribution in [0.4, 0.5) is 19.3 Å². The molecule has 4 N–H and O–H groups in total. The van der Waals surface area contributed by atoms with Gasteiger partial charge in [0.15, 0.2) is 0 Å². The van der Waals surface area contributed by atoms with Gasteiger partial charge in [0.25, 0.3) is 5.91 Å². The number of amides is 4. The van der Waals surface area contributed by atoms with Gasteiger partial charge in [0.1, 0.15) is 17.7 Å². The Bertz CT molecular complexity index is 758. The number of nitrogens with zero attached hydrogens (tertiary/aromatic N) is 1. The van der Waals surface area contributed by atoms with E-state index < -0.39 is 29.6 Å². The van der Waals surface area contributed by atoms with E-state index >= 15 is 0 Å². The molecule has 27 heavy (non-hydrogen) atoms. The van der Waals surface area contributed by atoms with Crippen molar-refractivity contribution < 1.29 is 23.2 Å². The van der Waals surface area contributed by atoms with Gasteiger partial charge in [0, 0.05) is 24.6 Å². The van der Waals surface area contributed by atoms with E-state index in [2.05, 4.69) is 10.6 Å². The normalized spacial score (nSPS) is 25.4. The van der Waals surface area contributed by atoms with Crippen LogP contribution >= 0.6 is 0 Å². The number of hydrogen-bond donors (Lipinski definition) is 3. The molecule has 2 fully saturated rings. The predicted octanol–water partition coefficient (Wildman–Crippen LogP) is 1.56. The molecule has 1 aliphatic carbocycles. The van der Waals surface area contributed by atoms with Crippen LogP contribution in [0.3, 0.4) is 0 Å². The van der Waals surface area contributed by atoms with Crippen molar-refractivity contribution in [1.82, 2.24) is 10.6 Å². The zero-order valence-electron chi connectivity index (χ0n) is 14.7. The van der Waals surface area contributed by atoms with Crippen LogP contribution in [0.15, 0.2) is 18.2 Å². The predicted molar refractivity (Wildman–Crippen MR) is 93.8 cm³/mol. The van der Waals surface area contributed by atoms with Crippen LogP contribution in [-0.4, -0.2) is 36.0 Å². The SMILES string of the molecule is N[C@@H]1CCCC[C@H]1NC(=O)CC[C@@H]1NC(=O)N(c2ccc(F)cc2F)C1=O. The number of hydrogen-bond acceptors (Lipinski definition) is 4. The van der Waals surface area contributed by atoms with Crippen molar-refractivity contribution in [3.05, 3.63) is 29.8 Å². The molecule has 0 spiro atoms. The van der Waals surface area contributed by atoms with Crippen LogP contribution in [0.25, 0.3) is 0 Å². The second-order valence-corrected chi connectivity index (χ2v) is 6.93. The van der Waals surface area contributed by atoms with Crippen molar-refractivity contribution in [3.63, 3.8) is 0 Å². The lowest BCUT2D eigenvalue weighted by Gasteiger charge is -2.29. The van der Waals surface area contributed by atoms with Crippen LogP contribution in [0.2, 0.25) is 0 Å². The molecule has 1 saturated heterocycles. The summed E-state index contributed by atoms with van der Waals surface area (Å²) in [6, 6.07) is 0.703. The lowest BCUT2D eigenvalue weighted by atomic mass is 9.91. The monoisotopic (exact) mass is 380 g/mol. The maximum Gasteiger partial charge on any atom is 0.329 e. The highest BCUT2D eigenvalue weighted by atomic mass is 19.1. The number of imide groups is 1. The quantitative estimate of drug-likeness (QED) is 0.674. The Balaban J connectivity index is 1.58. The van der Waals surface area contributed by atoms with Crippen molar-refractivity contribution in [3.8, 4) is 0 Å². The number of rotatable bonds is 5. The lowest BCUT2D eigenvalue weighted by Crippen LogP contribution is -2.49. The Morgan fingerprint density at radius 2 is 2.00 bits per heavy atom. The molecule has 1 aliphatic heterocycles. The van der Waals surface area contributed by atoms with Crippen molar-refractivity contribution in [2.75, 3.05) is 4.90 Å². The summed E-state index contributed by atoms with van der Waals surface area (Å²) < 4.78 is 26.9. The summed E-state index contributed by atoms with van der Waals surface area (Å²) in [7, 11) is 0. The maximum absolute atomic E-state index is 13.9. The second-order valence-electron chi connectivity index (χ2n) is 6.93. The minimum atomic E-state index is -1.01. The molecule has 0 radical (unpaired) electrons. The molecular formula is C18H22F2N4O3. The highest BCUT2D eigenvalue weighted by Gasteiger charge is 2.40. The third-order valence-electron chi connectivity index (χ3n) is 5.00. The zero-order valence-corrected chi connectivity index (χ0v) is 14.7. The summed E-state index contributed by atoms with van der Waals surface area (Å²) in [5.41, 5.74) is 5.68. The Hall–Kier alpha value is -2.55. The van der Waals surface area contributed by atoms with Crippen molar-refractivity contribution in [1.29, 1.82) is 0 Å². The van der Waals surface area contributed by atoms with Crippen LogP contribution in [0, 0.1) is 11.6 Å². The minimum absolute atomic E-state index is 0.0274. The van der Waals surface area contributed by atoms with Gasteiger partial charge in [0.05, 0.1) is 5.69 Å². The molecule has 0 unspecified atom stereocenters. The Morgan fingerprint density at radius 1 is 1.26 bits per heavy atom. The summed E-state index contributed by atoms with van der Waals surface area (Å²) in [4.78, 5) is 37.3. The molecule has 0 aromatic heterocycles. The number of urea groups is 1. The van der Waals surface area contributed by atoms with Gasteiger partial charge in [-0.05, 0) is 31.4 Å². The molecule has 4 amide bonds. The van der Waals surface area contributed by atoms with Gasteiger partial charge in [-0.2, -0.15) is 0 Å². The standard InChI is InChI=1S/C18H22F2N4O3/c19-10-5-7-15(11(20)9-10)24-17(26)14(23-18(24)27)6-8-16(25)22-13-4-2-1-3-12(13)21/h5,7,9,12-14H,1-4,6,8,21H2,(H,22,25)(H,23,27)/t12-,13-,14+/m1/s1. The first kappa shape index (κ1) is 19.2. The average molecular weight is 380 g/mol. The van der Waals surface area contributed by atoms with E-state index in [-0.39, 0.29) is 36.5 Å². The van der Waals surface area contributed by atoms with E-state index in [1.807, 2.05) is 0 Å². The number of halogens is 2. The van der Waals surface area contributed by atoms with Crippen LogP contribution in [0.1, 0.15) is 38.5 Å². The first-order valence-corrected chi connectivity index (χ1v) is 9.01. The summed E-state index contributed by atoms with van der Waals surface area (Å²) in [5.74, 6) is -2.74. The molecule has 3 rings (SSSR count). The van der Waals surface area contributed by atoms with Crippen molar-refractivity contribution in [2.24, 2.45) is 5.73 Å².